The van der Waals surface area contributed by atoms with Gasteiger partial charge in [-0.2, -0.15) is 13.9 Å². The number of aryl methyl sites for hydroxylation is 2. The van der Waals surface area contributed by atoms with Gasteiger partial charge in [0.25, 0.3) is 6.08 Å². The summed E-state index contributed by atoms with van der Waals surface area (Å²) in [6, 6.07) is 8.56. The summed E-state index contributed by atoms with van der Waals surface area (Å²) in [7, 11) is 1.75. The van der Waals surface area contributed by atoms with E-state index >= 15 is 0 Å². The van der Waals surface area contributed by atoms with Crippen LogP contribution in [0.15, 0.2) is 47.1 Å². The minimum Gasteiger partial charge on any atom is -0.327 e. The number of rotatable bonds is 6. The third kappa shape index (κ3) is 4.80. The number of anilines is 2. The first-order valence-corrected chi connectivity index (χ1v) is 9.91. The fourth-order valence-electron chi connectivity index (χ4n) is 3.37. The van der Waals surface area contributed by atoms with Gasteiger partial charge in [0, 0.05) is 43.6 Å². The van der Waals surface area contributed by atoms with E-state index in [4.69, 9.17) is 5.73 Å². The minimum atomic E-state index is -1.95. The number of urea groups is 1. The highest BCUT2D eigenvalue weighted by Crippen LogP contribution is 2.31. The SMILES string of the molecule is C=NN(CC(CN)=C(F)F)C(=O)Nc1nc(-c2ccc3c(c2)CCC(=O)N3C)ccc1C. The molecule has 1 aliphatic rings. The molecule has 3 amide bonds. The molecular weight excluding hydrogens is 418 g/mol. The van der Waals surface area contributed by atoms with Crippen molar-refractivity contribution in [3.63, 3.8) is 0 Å². The number of pyridine rings is 1. The second-order valence-electron chi connectivity index (χ2n) is 7.36. The maximum atomic E-state index is 12.9. The van der Waals surface area contributed by atoms with Gasteiger partial charge in [0.15, 0.2) is 0 Å². The van der Waals surface area contributed by atoms with Gasteiger partial charge in [0.2, 0.25) is 5.91 Å². The number of carbonyl (C=O) groups is 2. The van der Waals surface area contributed by atoms with Gasteiger partial charge in [-0.25, -0.2) is 14.8 Å². The number of nitrogens with one attached hydrogen (secondary N) is 1. The summed E-state index contributed by atoms with van der Waals surface area (Å²) in [5.74, 6) is 0.342. The molecule has 168 valence electrons. The van der Waals surface area contributed by atoms with Crippen molar-refractivity contribution in [1.29, 1.82) is 0 Å². The van der Waals surface area contributed by atoms with Crippen LogP contribution in [0.3, 0.4) is 0 Å². The minimum absolute atomic E-state index is 0.0735. The molecule has 0 spiro atoms. The molecule has 1 aromatic carbocycles. The fraction of sp³-hybridized carbons (Fsp3) is 0.273. The zero-order chi connectivity index (χ0) is 23.4. The molecule has 0 fully saturated rings. The van der Waals surface area contributed by atoms with Crippen molar-refractivity contribution in [2.75, 3.05) is 30.4 Å². The van der Waals surface area contributed by atoms with Crippen LogP contribution in [0.5, 0.6) is 0 Å². The van der Waals surface area contributed by atoms with E-state index < -0.39 is 30.8 Å². The van der Waals surface area contributed by atoms with Gasteiger partial charge in [0.05, 0.1) is 12.2 Å². The molecule has 32 heavy (non-hydrogen) atoms. The Morgan fingerprint density at radius 3 is 2.72 bits per heavy atom. The van der Waals surface area contributed by atoms with Gasteiger partial charge in [-0.3, -0.25) is 10.1 Å². The Bertz CT molecular complexity index is 1100. The van der Waals surface area contributed by atoms with E-state index in [1.807, 2.05) is 24.3 Å². The summed E-state index contributed by atoms with van der Waals surface area (Å²) in [6.07, 6.45) is -0.868. The summed E-state index contributed by atoms with van der Waals surface area (Å²) in [5.41, 5.74) is 8.92. The second-order valence-corrected chi connectivity index (χ2v) is 7.36. The van der Waals surface area contributed by atoms with Crippen LogP contribution in [0.2, 0.25) is 0 Å². The number of amides is 3. The molecule has 10 heteroatoms. The lowest BCUT2D eigenvalue weighted by atomic mass is 9.98. The monoisotopic (exact) mass is 442 g/mol. The van der Waals surface area contributed by atoms with E-state index in [1.54, 1.807) is 24.9 Å². The normalized spacial score (nSPS) is 12.8. The molecule has 1 aliphatic heterocycles. The van der Waals surface area contributed by atoms with Crippen molar-refractivity contribution in [1.82, 2.24) is 9.99 Å². The zero-order valence-electron chi connectivity index (χ0n) is 17.9. The lowest BCUT2D eigenvalue weighted by Gasteiger charge is -2.26. The van der Waals surface area contributed by atoms with Crippen LogP contribution in [-0.4, -0.2) is 48.8 Å². The van der Waals surface area contributed by atoms with Crippen LogP contribution in [0.1, 0.15) is 17.5 Å². The number of hydrazone groups is 1. The Morgan fingerprint density at radius 1 is 1.31 bits per heavy atom. The highest BCUT2D eigenvalue weighted by molar-refractivity contribution is 5.96. The van der Waals surface area contributed by atoms with Crippen LogP contribution in [0.25, 0.3) is 11.3 Å². The first-order chi connectivity index (χ1) is 15.2. The highest BCUT2D eigenvalue weighted by Gasteiger charge is 2.22. The molecule has 0 aliphatic carbocycles. The highest BCUT2D eigenvalue weighted by atomic mass is 19.3. The van der Waals surface area contributed by atoms with Gasteiger partial charge in [-0.05, 0) is 42.7 Å². The maximum absolute atomic E-state index is 12.9. The van der Waals surface area contributed by atoms with Crippen LogP contribution in [-0.2, 0) is 11.2 Å². The number of fused-ring (bicyclic) bond motifs is 1. The predicted molar refractivity (Wildman–Crippen MR) is 120 cm³/mol. The smallest absolute Gasteiger partial charge is 0.327 e. The number of nitrogens with zero attached hydrogens (tertiary/aromatic N) is 4. The standard InChI is InChI=1S/C22H24F2N6O2/c1-13-4-7-17(14-5-8-18-15(10-14)6-9-19(31)29(18)3)27-21(13)28-22(32)30(26-2)12-16(11-25)20(23)24/h4-5,7-8,10H,2,6,9,11-12,25H2,1,3H3,(H,27,28,32). The predicted octanol–water partition coefficient (Wildman–Crippen LogP) is 3.52. The number of halogens is 2. The van der Waals surface area contributed by atoms with Crippen molar-refractivity contribution >= 4 is 30.2 Å². The average molecular weight is 442 g/mol. The fourth-order valence-corrected chi connectivity index (χ4v) is 3.37. The van der Waals surface area contributed by atoms with Crippen molar-refractivity contribution in [2.24, 2.45) is 10.8 Å². The van der Waals surface area contributed by atoms with Crippen molar-refractivity contribution < 1.29 is 18.4 Å². The Morgan fingerprint density at radius 2 is 2.06 bits per heavy atom. The Hall–Kier alpha value is -3.66. The summed E-state index contributed by atoms with van der Waals surface area (Å²) in [6.45, 7) is 4.14. The topological polar surface area (TPSA) is 104 Å². The molecule has 3 N–H and O–H groups in total. The van der Waals surface area contributed by atoms with Gasteiger partial charge >= 0.3 is 6.03 Å². The van der Waals surface area contributed by atoms with E-state index in [1.165, 1.54) is 0 Å². The lowest BCUT2D eigenvalue weighted by Crippen LogP contribution is -2.34. The van der Waals surface area contributed by atoms with Crippen molar-refractivity contribution in [2.45, 2.75) is 19.8 Å². The Labute approximate surface area is 184 Å². The number of hydrogen-bond acceptors (Lipinski definition) is 5. The van der Waals surface area contributed by atoms with E-state index in [0.29, 0.717) is 24.1 Å². The van der Waals surface area contributed by atoms with Crippen molar-refractivity contribution in [3.8, 4) is 11.3 Å². The van der Waals surface area contributed by atoms with Crippen LogP contribution in [0, 0.1) is 6.92 Å². The van der Waals surface area contributed by atoms with Crippen LogP contribution < -0.4 is 16.0 Å². The molecular formula is C22H24F2N6O2. The molecule has 0 bridgehead atoms. The van der Waals surface area contributed by atoms with Gasteiger partial charge < -0.3 is 10.6 Å². The molecule has 0 atom stereocenters. The Balaban J connectivity index is 1.85. The molecule has 0 saturated carbocycles. The molecule has 0 unspecified atom stereocenters. The average Bonchev–Trinajstić information content (AvgIpc) is 2.78. The molecule has 1 aromatic heterocycles. The molecule has 2 aromatic rings. The van der Waals surface area contributed by atoms with E-state index in [0.717, 1.165) is 21.8 Å². The number of aromatic nitrogens is 1. The van der Waals surface area contributed by atoms with Gasteiger partial charge in [-0.1, -0.05) is 12.1 Å². The summed E-state index contributed by atoms with van der Waals surface area (Å²) in [5, 5.41) is 6.87. The van der Waals surface area contributed by atoms with E-state index in [9.17, 15) is 18.4 Å². The number of hydrogen-bond donors (Lipinski definition) is 2. The summed E-state index contributed by atoms with van der Waals surface area (Å²) < 4.78 is 25.8. The van der Waals surface area contributed by atoms with Crippen LogP contribution >= 0.6 is 0 Å². The summed E-state index contributed by atoms with van der Waals surface area (Å²) in [4.78, 5) is 30.6. The first kappa shape index (κ1) is 23.0. The van der Waals surface area contributed by atoms with Gasteiger partial charge in [0.1, 0.15) is 5.82 Å². The van der Waals surface area contributed by atoms with Crippen LogP contribution in [0.4, 0.5) is 25.1 Å². The van der Waals surface area contributed by atoms with Gasteiger partial charge in [-0.15, -0.1) is 0 Å². The molecule has 3 rings (SSSR count). The van der Waals surface area contributed by atoms with E-state index in [2.05, 4.69) is 22.1 Å². The van der Waals surface area contributed by atoms with Crippen molar-refractivity contribution in [3.05, 3.63) is 53.1 Å². The molecule has 0 radical (unpaired) electrons. The summed E-state index contributed by atoms with van der Waals surface area (Å²) >= 11 is 0. The number of benzene rings is 1. The molecule has 2 heterocycles. The third-order valence-electron chi connectivity index (χ3n) is 5.30. The molecule has 8 nitrogen and oxygen atoms in total. The lowest BCUT2D eigenvalue weighted by molar-refractivity contribution is -0.118. The number of nitrogens with two attached hydrogens (primary N) is 1. The molecule has 0 saturated heterocycles. The zero-order valence-corrected chi connectivity index (χ0v) is 17.9. The first-order valence-electron chi connectivity index (χ1n) is 9.91. The number of carbonyl (C=O) groups excluding carboxylic acids is 2. The largest absolute Gasteiger partial charge is 0.343 e. The second kappa shape index (κ2) is 9.65. The van der Waals surface area contributed by atoms with E-state index in [-0.39, 0.29) is 11.7 Å². The third-order valence-corrected chi connectivity index (χ3v) is 5.30. The maximum Gasteiger partial charge on any atom is 0.343 e. The quantitative estimate of drug-likeness (QED) is 0.528. The Kier molecular flexibility index (Phi) is 6.94.